The van der Waals surface area contributed by atoms with E-state index >= 15 is 0 Å². The van der Waals surface area contributed by atoms with Gasteiger partial charge in [-0.1, -0.05) is 36.1 Å². The van der Waals surface area contributed by atoms with Crippen LogP contribution in [0.1, 0.15) is 5.56 Å². The van der Waals surface area contributed by atoms with Gasteiger partial charge in [-0.2, -0.15) is 0 Å². The van der Waals surface area contributed by atoms with Gasteiger partial charge in [0.25, 0.3) is 5.91 Å². The summed E-state index contributed by atoms with van der Waals surface area (Å²) in [7, 11) is 2.89. The van der Waals surface area contributed by atoms with Crippen LogP contribution in [0.5, 0.6) is 11.5 Å². The number of rotatable bonds is 6. The molecule has 0 bridgehead atoms. The fourth-order valence-corrected chi connectivity index (χ4v) is 3.73. The van der Waals surface area contributed by atoms with Gasteiger partial charge >= 0.3 is 5.97 Å². The van der Waals surface area contributed by atoms with Gasteiger partial charge in [-0.3, -0.25) is 9.69 Å². The van der Waals surface area contributed by atoms with E-state index in [2.05, 4.69) is 4.74 Å². The lowest BCUT2D eigenvalue weighted by Gasteiger charge is -2.14. The molecular weight excluding hydrogens is 398 g/mol. The normalized spacial score (nSPS) is 15.1. The first-order valence-corrected chi connectivity index (χ1v) is 9.46. The maximum Gasteiger partial charge on any atom is 0.343 e. The Morgan fingerprint density at radius 1 is 1.07 bits per heavy atom. The fraction of sp³-hybridized carbons (Fsp3) is 0.150. The number of nitrogens with zero attached hydrogens (tertiary/aromatic N) is 1. The van der Waals surface area contributed by atoms with E-state index in [0.717, 1.165) is 5.56 Å². The molecule has 0 unspecified atom stereocenters. The highest BCUT2D eigenvalue weighted by Gasteiger charge is 2.33. The zero-order valence-corrected chi connectivity index (χ0v) is 16.8. The molecule has 1 aliphatic rings. The summed E-state index contributed by atoms with van der Waals surface area (Å²) in [5.74, 6) is 0.616. The highest BCUT2D eigenvalue weighted by Crippen LogP contribution is 2.36. The molecule has 28 heavy (non-hydrogen) atoms. The van der Waals surface area contributed by atoms with Crippen molar-refractivity contribution in [3.05, 3.63) is 59.0 Å². The van der Waals surface area contributed by atoms with Crippen molar-refractivity contribution >= 4 is 51.9 Å². The Labute approximate surface area is 172 Å². The minimum Gasteiger partial charge on any atom is -0.497 e. The monoisotopic (exact) mass is 415 g/mol. The van der Waals surface area contributed by atoms with Gasteiger partial charge in [0, 0.05) is 0 Å². The Balaban J connectivity index is 1.73. The molecule has 1 saturated heterocycles. The molecule has 6 nitrogen and oxygen atoms in total. The number of thioether (sulfide) groups is 1. The molecule has 1 fully saturated rings. The van der Waals surface area contributed by atoms with Crippen molar-refractivity contribution in [3.8, 4) is 11.5 Å². The van der Waals surface area contributed by atoms with Crippen LogP contribution in [0.3, 0.4) is 0 Å². The van der Waals surface area contributed by atoms with Gasteiger partial charge in [-0.05, 0) is 48.0 Å². The average molecular weight is 415 g/mol. The van der Waals surface area contributed by atoms with Crippen LogP contribution >= 0.6 is 24.0 Å². The maximum atomic E-state index is 12.8. The van der Waals surface area contributed by atoms with Crippen molar-refractivity contribution in [1.82, 2.24) is 0 Å². The molecule has 8 heteroatoms. The first-order chi connectivity index (χ1) is 13.5. The third-order valence-electron chi connectivity index (χ3n) is 3.89. The average Bonchev–Trinajstić information content (AvgIpc) is 3.00. The molecule has 0 aliphatic carbocycles. The number of ether oxygens (including phenoxy) is 3. The minimum absolute atomic E-state index is 0.156. The molecule has 2 aromatic rings. The van der Waals surface area contributed by atoms with Crippen LogP contribution in [-0.2, 0) is 14.3 Å². The van der Waals surface area contributed by atoms with Crippen molar-refractivity contribution in [2.75, 3.05) is 25.7 Å². The van der Waals surface area contributed by atoms with E-state index in [1.54, 1.807) is 61.7 Å². The summed E-state index contributed by atoms with van der Waals surface area (Å²) < 4.78 is 15.5. The van der Waals surface area contributed by atoms with Crippen molar-refractivity contribution < 1.29 is 23.8 Å². The predicted octanol–water partition coefficient (Wildman–Crippen LogP) is 3.65. The van der Waals surface area contributed by atoms with E-state index in [0.29, 0.717) is 26.4 Å². The van der Waals surface area contributed by atoms with Crippen LogP contribution in [-0.4, -0.2) is 37.0 Å². The second kappa shape index (κ2) is 8.90. The Kier molecular flexibility index (Phi) is 6.33. The van der Waals surface area contributed by atoms with Gasteiger partial charge in [-0.15, -0.1) is 0 Å². The molecule has 0 atom stereocenters. The lowest BCUT2D eigenvalue weighted by atomic mass is 10.2. The topological polar surface area (TPSA) is 65.1 Å². The van der Waals surface area contributed by atoms with Gasteiger partial charge in [0.15, 0.2) is 10.9 Å². The molecule has 0 spiro atoms. The second-order valence-electron chi connectivity index (χ2n) is 5.65. The van der Waals surface area contributed by atoms with Crippen LogP contribution in [0.4, 0.5) is 5.69 Å². The van der Waals surface area contributed by atoms with Gasteiger partial charge < -0.3 is 14.2 Å². The van der Waals surface area contributed by atoms with Crippen LogP contribution in [0.2, 0.25) is 0 Å². The van der Waals surface area contributed by atoms with Crippen molar-refractivity contribution in [2.24, 2.45) is 0 Å². The third-order valence-corrected chi connectivity index (χ3v) is 5.19. The molecule has 1 heterocycles. The van der Waals surface area contributed by atoms with Gasteiger partial charge in [0.1, 0.15) is 11.5 Å². The molecule has 2 aromatic carbocycles. The van der Waals surface area contributed by atoms with Crippen molar-refractivity contribution in [1.29, 1.82) is 0 Å². The quantitative estimate of drug-likeness (QED) is 0.405. The molecule has 3 rings (SSSR count). The molecule has 0 aromatic heterocycles. The summed E-state index contributed by atoms with van der Waals surface area (Å²) in [5.41, 5.74) is 1.51. The Hall–Kier alpha value is -2.84. The Morgan fingerprint density at radius 3 is 2.32 bits per heavy atom. The van der Waals surface area contributed by atoms with Gasteiger partial charge in [0.2, 0.25) is 0 Å². The number of carbonyl (C=O) groups excluding carboxylic acids is 2. The van der Waals surface area contributed by atoms with E-state index in [1.807, 2.05) is 0 Å². The van der Waals surface area contributed by atoms with Gasteiger partial charge in [-0.25, -0.2) is 4.79 Å². The number of benzene rings is 2. The minimum atomic E-state index is -0.453. The number of hydrogen-bond donors (Lipinski definition) is 0. The molecule has 1 amide bonds. The zero-order chi connectivity index (χ0) is 20.1. The summed E-state index contributed by atoms with van der Waals surface area (Å²) in [4.78, 5) is 25.9. The maximum absolute atomic E-state index is 12.8. The first-order valence-electron chi connectivity index (χ1n) is 8.23. The number of hydrogen-bond acceptors (Lipinski definition) is 7. The summed E-state index contributed by atoms with van der Waals surface area (Å²) in [6.07, 6.45) is 1.77. The number of thiocarbonyl (C=S) groups is 1. The van der Waals surface area contributed by atoms with Crippen LogP contribution < -0.4 is 14.4 Å². The molecular formula is C20H17NO5S2. The van der Waals surface area contributed by atoms with Crippen molar-refractivity contribution in [2.45, 2.75) is 0 Å². The van der Waals surface area contributed by atoms with Crippen molar-refractivity contribution in [3.63, 3.8) is 0 Å². The van der Waals surface area contributed by atoms with E-state index in [4.69, 9.17) is 21.7 Å². The standard InChI is InChI=1S/C20H17NO5S2/c1-24-15-9-5-14(6-10-15)21-19(23)17(28-20(21)27)11-13-3-7-16(8-4-13)26-12-18(22)25-2/h3-11H,12H2,1-2H3/b17-11+. The second-order valence-corrected chi connectivity index (χ2v) is 7.32. The van der Waals surface area contributed by atoms with Gasteiger partial charge in [0.05, 0.1) is 24.8 Å². The molecule has 0 N–H and O–H groups in total. The Bertz CT molecular complexity index is 923. The number of carbonyl (C=O) groups is 2. The van der Waals surface area contributed by atoms with E-state index in [1.165, 1.54) is 23.8 Å². The molecule has 144 valence electrons. The first kappa shape index (κ1) is 19.9. The summed E-state index contributed by atoms with van der Waals surface area (Å²) in [6, 6.07) is 14.2. The molecule has 0 radical (unpaired) electrons. The zero-order valence-electron chi connectivity index (χ0n) is 15.2. The fourth-order valence-electron chi connectivity index (χ4n) is 2.43. The molecule has 0 saturated carbocycles. The number of amides is 1. The van der Waals surface area contributed by atoms with E-state index in [9.17, 15) is 9.59 Å². The summed E-state index contributed by atoms with van der Waals surface area (Å²) in [6.45, 7) is -0.156. The molecule has 1 aliphatic heterocycles. The van der Waals surface area contributed by atoms with E-state index < -0.39 is 5.97 Å². The third kappa shape index (κ3) is 4.52. The predicted molar refractivity (Wildman–Crippen MR) is 113 cm³/mol. The number of methoxy groups -OCH3 is 2. The van der Waals surface area contributed by atoms with Crippen LogP contribution in [0.25, 0.3) is 6.08 Å². The summed E-state index contributed by atoms with van der Waals surface area (Å²) in [5, 5.41) is 0. The largest absolute Gasteiger partial charge is 0.497 e. The van der Waals surface area contributed by atoms with Crippen LogP contribution in [0, 0.1) is 0 Å². The highest BCUT2D eigenvalue weighted by molar-refractivity contribution is 8.27. The SMILES string of the molecule is COC(=O)COc1ccc(/C=C2/SC(=S)N(c3ccc(OC)cc3)C2=O)cc1. The number of esters is 1. The highest BCUT2D eigenvalue weighted by atomic mass is 32.2. The van der Waals surface area contributed by atoms with Crippen LogP contribution in [0.15, 0.2) is 53.4 Å². The smallest absolute Gasteiger partial charge is 0.343 e. The lowest BCUT2D eigenvalue weighted by Crippen LogP contribution is -2.27. The number of anilines is 1. The summed E-state index contributed by atoms with van der Waals surface area (Å²) >= 11 is 6.63. The Morgan fingerprint density at radius 2 is 1.71 bits per heavy atom. The van der Waals surface area contributed by atoms with E-state index in [-0.39, 0.29) is 12.5 Å². The lowest BCUT2D eigenvalue weighted by molar-refractivity contribution is -0.142.